The van der Waals surface area contributed by atoms with Gasteiger partial charge in [-0.05, 0) is 12.1 Å². The van der Waals surface area contributed by atoms with Crippen molar-refractivity contribution in [3.05, 3.63) is 17.7 Å². The Labute approximate surface area is 177 Å². The number of rotatable bonds is 9. The number of ether oxygens (including phenoxy) is 4. The molecule has 0 spiro atoms. The maximum Gasteiger partial charge on any atom is 0.257 e. The van der Waals surface area contributed by atoms with Crippen molar-refractivity contribution in [2.24, 2.45) is 0 Å². The van der Waals surface area contributed by atoms with E-state index >= 15 is 0 Å². The minimum Gasteiger partial charge on any atom is -0.493 e. The molecule has 29 heavy (non-hydrogen) atoms. The fourth-order valence-corrected chi connectivity index (χ4v) is 3.08. The Kier molecular flexibility index (Phi) is 10.6. The highest BCUT2D eigenvalue weighted by Crippen LogP contribution is 2.40. The molecule has 0 saturated carbocycles. The summed E-state index contributed by atoms with van der Waals surface area (Å²) in [5.74, 6) is 1.07. The zero-order valence-electron chi connectivity index (χ0n) is 17.4. The van der Waals surface area contributed by atoms with E-state index in [-0.39, 0.29) is 30.8 Å². The van der Waals surface area contributed by atoms with E-state index in [4.69, 9.17) is 18.9 Å². The van der Waals surface area contributed by atoms with Crippen molar-refractivity contribution in [2.75, 3.05) is 74.3 Å². The number of piperazine rings is 1. The van der Waals surface area contributed by atoms with Gasteiger partial charge in [-0.25, -0.2) is 0 Å². The molecule has 1 heterocycles. The lowest BCUT2D eigenvalue weighted by molar-refractivity contribution is -0.131. The molecule has 0 aromatic heterocycles. The van der Waals surface area contributed by atoms with Gasteiger partial charge in [0.15, 0.2) is 11.5 Å². The van der Waals surface area contributed by atoms with Gasteiger partial charge in [-0.2, -0.15) is 0 Å². The van der Waals surface area contributed by atoms with Crippen LogP contribution in [0.2, 0.25) is 0 Å². The van der Waals surface area contributed by atoms with Gasteiger partial charge in [-0.1, -0.05) is 0 Å². The van der Waals surface area contributed by atoms with Crippen molar-refractivity contribution in [3.63, 3.8) is 0 Å². The molecule has 0 atom stereocenters. The maximum absolute atomic E-state index is 13.0. The topological polar surface area (TPSA) is 89.6 Å². The zero-order chi connectivity index (χ0) is 20.5. The van der Waals surface area contributed by atoms with Gasteiger partial charge in [0, 0.05) is 39.8 Å². The van der Waals surface area contributed by atoms with Crippen LogP contribution < -0.4 is 19.5 Å². The second-order valence-corrected chi connectivity index (χ2v) is 6.22. The molecule has 0 aliphatic carbocycles. The lowest BCUT2D eigenvalue weighted by atomic mass is 10.1. The molecule has 0 radical (unpaired) electrons. The summed E-state index contributed by atoms with van der Waals surface area (Å²) in [6.07, 6.45) is 0. The number of carbonyl (C=O) groups excluding carboxylic acids is 2. The van der Waals surface area contributed by atoms with Crippen molar-refractivity contribution in [1.82, 2.24) is 15.1 Å². The van der Waals surface area contributed by atoms with E-state index in [0.717, 1.165) is 0 Å². The molecular formula is C19H30ClN3O6. The largest absolute Gasteiger partial charge is 0.493 e. The Morgan fingerprint density at radius 1 is 0.931 bits per heavy atom. The van der Waals surface area contributed by atoms with Crippen LogP contribution in [0.5, 0.6) is 17.2 Å². The van der Waals surface area contributed by atoms with Crippen LogP contribution >= 0.6 is 12.4 Å². The Morgan fingerprint density at radius 2 is 1.55 bits per heavy atom. The van der Waals surface area contributed by atoms with E-state index in [1.165, 1.54) is 21.3 Å². The van der Waals surface area contributed by atoms with Crippen molar-refractivity contribution in [2.45, 2.75) is 0 Å². The van der Waals surface area contributed by atoms with Gasteiger partial charge in [0.1, 0.15) is 0 Å². The first-order chi connectivity index (χ1) is 13.6. The standard InChI is InChI=1S/C19H29N3O6.ClH/c1-25-12-7-20-13-16(23)21-8-10-22(11-9-21)19(24)14-5-6-15(26-2)18(28-4)17(14)27-3;/h5-6,20H,7-13H2,1-4H3;1H. The SMILES string of the molecule is COCCNCC(=O)N1CCN(C(=O)c2ccc(OC)c(OC)c2OC)CC1.Cl. The molecule has 2 rings (SSSR count). The fraction of sp³-hybridized carbons (Fsp3) is 0.579. The van der Waals surface area contributed by atoms with E-state index in [2.05, 4.69) is 5.32 Å². The second kappa shape index (κ2) is 12.4. The number of halogens is 1. The van der Waals surface area contributed by atoms with Gasteiger partial charge in [-0.15, -0.1) is 12.4 Å². The van der Waals surface area contributed by atoms with Crippen molar-refractivity contribution in [1.29, 1.82) is 0 Å². The third-order valence-corrected chi connectivity index (χ3v) is 4.61. The minimum atomic E-state index is -0.164. The normalized spacial score (nSPS) is 13.5. The first-order valence-corrected chi connectivity index (χ1v) is 9.13. The molecule has 1 fully saturated rings. The van der Waals surface area contributed by atoms with E-state index < -0.39 is 0 Å². The van der Waals surface area contributed by atoms with Crippen LogP contribution in [-0.2, 0) is 9.53 Å². The van der Waals surface area contributed by atoms with Crippen molar-refractivity contribution >= 4 is 24.2 Å². The van der Waals surface area contributed by atoms with Crippen molar-refractivity contribution < 1.29 is 28.5 Å². The number of benzene rings is 1. The number of hydrogen-bond donors (Lipinski definition) is 1. The molecule has 0 unspecified atom stereocenters. The van der Waals surface area contributed by atoms with Crippen LogP contribution in [0.15, 0.2) is 12.1 Å². The molecule has 1 aliphatic heterocycles. The summed E-state index contributed by atoms with van der Waals surface area (Å²) >= 11 is 0. The molecule has 1 aliphatic rings. The van der Waals surface area contributed by atoms with Crippen LogP contribution in [0, 0.1) is 0 Å². The molecule has 1 N–H and O–H groups in total. The monoisotopic (exact) mass is 431 g/mol. The van der Waals surface area contributed by atoms with Crippen molar-refractivity contribution in [3.8, 4) is 17.2 Å². The van der Waals surface area contributed by atoms with Crippen LogP contribution in [0.25, 0.3) is 0 Å². The molecule has 9 nitrogen and oxygen atoms in total. The highest BCUT2D eigenvalue weighted by Gasteiger charge is 2.28. The van der Waals surface area contributed by atoms with Gasteiger partial charge in [0.05, 0.1) is 40.0 Å². The fourth-order valence-electron chi connectivity index (χ4n) is 3.08. The summed E-state index contributed by atoms with van der Waals surface area (Å²) in [4.78, 5) is 28.7. The first kappa shape index (κ1) is 24.8. The summed E-state index contributed by atoms with van der Waals surface area (Å²) in [6.45, 7) is 3.35. The predicted molar refractivity (Wildman–Crippen MR) is 111 cm³/mol. The molecule has 2 amide bonds. The summed E-state index contributed by atoms with van der Waals surface area (Å²) < 4.78 is 21.0. The van der Waals surface area contributed by atoms with Gasteiger partial charge in [0.2, 0.25) is 11.7 Å². The Balaban J connectivity index is 0.00000420. The van der Waals surface area contributed by atoms with Gasteiger partial charge in [0.25, 0.3) is 5.91 Å². The Bertz CT molecular complexity index is 680. The molecule has 0 bridgehead atoms. The predicted octanol–water partition coefficient (Wildman–Crippen LogP) is 0.655. The van der Waals surface area contributed by atoms with Gasteiger partial charge < -0.3 is 34.1 Å². The quantitative estimate of drug-likeness (QED) is 0.574. The molecule has 164 valence electrons. The molecule has 1 aromatic rings. The molecule has 1 saturated heterocycles. The van der Waals surface area contributed by atoms with E-state index in [1.54, 1.807) is 29.0 Å². The lowest BCUT2D eigenvalue weighted by Crippen LogP contribution is -2.52. The zero-order valence-corrected chi connectivity index (χ0v) is 18.2. The molecular weight excluding hydrogens is 402 g/mol. The lowest BCUT2D eigenvalue weighted by Gasteiger charge is -2.35. The first-order valence-electron chi connectivity index (χ1n) is 9.13. The number of methoxy groups -OCH3 is 4. The number of nitrogens with zero attached hydrogens (tertiary/aromatic N) is 2. The maximum atomic E-state index is 13.0. The van der Waals surface area contributed by atoms with Crippen LogP contribution in [0.4, 0.5) is 0 Å². The average Bonchev–Trinajstić information content (AvgIpc) is 2.74. The highest BCUT2D eigenvalue weighted by molar-refractivity contribution is 5.98. The van der Waals surface area contributed by atoms with Gasteiger partial charge >= 0.3 is 0 Å². The summed E-state index contributed by atoms with van der Waals surface area (Å²) in [5, 5.41) is 3.04. The number of amides is 2. The smallest absolute Gasteiger partial charge is 0.257 e. The van der Waals surface area contributed by atoms with Crippen LogP contribution in [-0.4, -0.2) is 95.9 Å². The number of nitrogens with one attached hydrogen (secondary N) is 1. The summed E-state index contributed by atoms with van der Waals surface area (Å²) in [7, 11) is 6.13. The third-order valence-electron chi connectivity index (χ3n) is 4.61. The summed E-state index contributed by atoms with van der Waals surface area (Å²) in [5.41, 5.74) is 0.404. The summed E-state index contributed by atoms with van der Waals surface area (Å²) in [6, 6.07) is 3.35. The molecule has 1 aromatic carbocycles. The van der Waals surface area contributed by atoms with E-state index in [0.29, 0.717) is 62.1 Å². The van der Waals surface area contributed by atoms with E-state index in [1.807, 2.05) is 0 Å². The van der Waals surface area contributed by atoms with Crippen LogP contribution in [0.3, 0.4) is 0 Å². The highest BCUT2D eigenvalue weighted by atomic mass is 35.5. The Morgan fingerprint density at radius 3 is 2.10 bits per heavy atom. The molecule has 10 heteroatoms. The average molecular weight is 432 g/mol. The number of carbonyl (C=O) groups is 2. The second-order valence-electron chi connectivity index (χ2n) is 6.22. The minimum absolute atomic E-state index is 0. The van der Waals surface area contributed by atoms with Gasteiger partial charge in [-0.3, -0.25) is 9.59 Å². The van der Waals surface area contributed by atoms with E-state index in [9.17, 15) is 9.59 Å². The Hall–Kier alpha value is -2.23. The number of hydrogen-bond acceptors (Lipinski definition) is 7. The third kappa shape index (κ3) is 6.12. The van der Waals surface area contributed by atoms with Crippen LogP contribution in [0.1, 0.15) is 10.4 Å².